The second kappa shape index (κ2) is 7.93. The highest BCUT2D eigenvalue weighted by Gasteiger charge is 2.38. The van der Waals surface area contributed by atoms with Crippen molar-refractivity contribution in [1.82, 2.24) is 15.3 Å². The van der Waals surface area contributed by atoms with Gasteiger partial charge in [0.2, 0.25) is 11.6 Å². The zero-order valence-corrected chi connectivity index (χ0v) is 18.2. The Labute approximate surface area is 179 Å². The van der Waals surface area contributed by atoms with Crippen molar-refractivity contribution in [2.24, 2.45) is 0 Å². The SMILES string of the molecule is CC1(C)CC(Nc2ncnc(Nc3cc(Cl)ccc3Cl)c2[N+](=O)[O-])CC(C)(C)N1. The third-order valence-corrected chi connectivity index (χ3v) is 5.28. The van der Waals surface area contributed by atoms with Crippen LogP contribution in [-0.4, -0.2) is 32.0 Å². The van der Waals surface area contributed by atoms with E-state index in [2.05, 4.69) is 53.6 Å². The van der Waals surface area contributed by atoms with Crippen molar-refractivity contribution in [2.45, 2.75) is 57.7 Å². The molecule has 10 heteroatoms. The summed E-state index contributed by atoms with van der Waals surface area (Å²) in [6.07, 6.45) is 2.87. The van der Waals surface area contributed by atoms with Gasteiger partial charge in [-0.05, 0) is 58.7 Å². The molecule has 1 aliphatic heterocycles. The second-order valence-electron chi connectivity index (χ2n) is 8.57. The van der Waals surface area contributed by atoms with Gasteiger partial charge in [0, 0.05) is 22.1 Å². The van der Waals surface area contributed by atoms with Crippen molar-refractivity contribution in [3.05, 3.63) is 44.7 Å². The van der Waals surface area contributed by atoms with Crippen molar-refractivity contribution in [3.63, 3.8) is 0 Å². The van der Waals surface area contributed by atoms with E-state index in [4.69, 9.17) is 23.2 Å². The summed E-state index contributed by atoms with van der Waals surface area (Å²) in [5.41, 5.74) is -0.0403. The normalized spacial score (nSPS) is 18.3. The summed E-state index contributed by atoms with van der Waals surface area (Å²) in [7, 11) is 0. The summed E-state index contributed by atoms with van der Waals surface area (Å²) in [6, 6.07) is 4.84. The molecule has 3 rings (SSSR count). The lowest BCUT2D eigenvalue weighted by molar-refractivity contribution is -0.383. The Morgan fingerprint density at radius 2 is 1.76 bits per heavy atom. The fourth-order valence-corrected chi connectivity index (χ4v) is 4.42. The van der Waals surface area contributed by atoms with Gasteiger partial charge in [0.15, 0.2) is 0 Å². The van der Waals surface area contributed by atoms with E-state index in [0.29, 0.717) is 15.7 Å². The molecule has 0 aliphatic carbocycles. The first-order valence-electron chi connectivity index (χ1n) is 9.23. The molecule has 2 heterocycles. The van der Waals surface area contributed by atoms with Crippen molar-refractivity contribution >= 4 is 46.2 Å². The van der Waals surface area contributed by atoms with Crippen LogP contribution >= 0.6 is 23.2 Å². The van der Waals surface area contributed by atoms with E-state index >= 15 is 0 Å². The first-order valence-corrected chi connectivity index (χ1v) is 9.99. The van der Waals surface area contributed by atoms with Crippen LogP contribution in [0.25, 0.3) is 0 Å². The van der Waals surface area contributed by atoms with Crippen LogP contribution < -0.4 is 16.0 Å². The number of halogens is 2. The lowest BCUT2D eigenvalue weighted by Crippen LogP contribution is -2.60. The topological polar surface area (TPSA) is 105 Å². The maximum absolute atomic E-state index is 11.9. The Morgan fingerprint density at radius 3 is 2.38 bits per heavy atom. The van der Waals surface area contributed by atoms with Crippen LogP contribution in [0, 0.1) is 10.1 Å². The third-order valence-electron chi connectivity index (χ3n) is 4.72. The molecule has 0 amide bonds. The number of benzene rings is 1. The third kappa shape index (κ3) is 5.26. The predicted octanol–water partition coefficient (Wildman–Crippen LogP) is 5.16. The second-order valence-corrected chi connectivity index (χ2v) is 9.41. The van der Waals surface area contributed by atoms with Crippen LogP contribution in [0.15, 0.2) is 24.5 Å². The van der Waals surface area contributed by atoms with Gasteiger partial charge in [-0.3, -0.25) is 10.1 Å². The molecule has 0 radical (unpaired) electrons. The molecule has 29 heavy (non-hydrogen) atoms. The number of hydrogen-bond acceptors (Lipinski definition) is 7. The number of piperidine rings is 1. The first kappa shape index (κ1) is 21.5. The quantitative estimate of drug-likeness (QED) is 0.437. The van der Waals surface area contributed by atoms with E-state index in [1.54, 1.807) is 18.2 Å². The Balaban J connectivity index is 1.93. The molecule has 1 aromatic carbocycles. The molecule has 156 valence electrons. The summed E-state index contributed by atoms with van der Waals surface area (Å²) < 4.78 is 0. The van der Waals surface area contributed by atoms with Crippen molar-refractivity contribution < 1.29 is 4.92 Å². The summed E-state index contributed by atoms with van der Waals surface area (Å²) >= 11 is 12.2. The van der Waals surface area contributed by atoms with Gasteiger partial charge >= 0.3 is 5.69 Å². The molecular weight excluding hydrogens is 415 g/mol. The Morgan fingerprint density at radius 1 is 1.14 bits per heavy atom. The number of nitro groups is 1. The van der Waals surface area contributed by atoms with Crippen LogP contribution in [0.2, 0.25) is 10.0 Å². The average Bonchev–Trinajstić information content (AvgIpc) is 2.55. The Kier molecular flexibility index (Phi) is 5.89. The first-order chi connectivity index (χ1) is 13.5. The highest BCUT2D eigenvalue weighted by molar-refractivity contribution is 6.35. The van der Waals surface area contributed by atoms with Crippen LogP contribution in [0.3, 0.4) is 0 Å². The lowest BCUT2D eigenvalue weighted by Gasteiger charge is -2.46. The molecular formula is C19H24Cl2N6O2. The molecule has 0 saturated carbocycles. The highest BCUT2D eigenvalue weighted by atomic mass is 35.5. The minimum atomic E-state index is -0.500. The number of nitrogens with one attached hydrogen (secondary N) is 3. The van der Waals surface area contributed by atoms with E-state index in [9.17, 15) is 10.1 Å². The van der Waals surface area contributed by atoms with Crippen LogP contribution in [0.1, 0.15) is 40.5 Å². The fraction of sp³-hybridized carbons (Fsp3) is 0.474. The van der Waals surface area contributed by atoms with Crippen molar-refractivity contribution in [3.8, 4) is 0 Å². The molecule has 0 bridgehead atoms. The molecule has 1 aliphatic rings. The smallest absolute Gasteiger partial charge is 0.353 e. The van der Waals surface area contributed by atoms with Gasteiger partial charge in [-0.15, -0.1) is 0 Å². The maximum atomic E-state index is 11.9. The standard InChI is InChI=1S/C19H24Cl2N6O2/c1-18(2)8-12(9-19(3,4)26-18)24-16-15(27(28)29)17(23-10-22-16)25-14-7-11(20)5-6-13(14)21/h5-7,10,12,26H,8-9H2,1-4H3,(H2,22,23,24,25). The average molecular weight is 439 g/mol. The number of nitrogens with zero attached hydrogens (tertiary/aromatic N) is 3. The lowest BCUT2D eigenvalue weighted by atomic mass is 9.79. The zero-order chi connectivity index (χ0) is 21.4. The van der Waals surface area contributed by atoms with Gasteiger partial charge < -0.3 is 16.0 Å². The van der Waals surface area contributed by atoms with Crippen LogP contribution in [0.5, 0.6) is 0 Å². The minimum Gasteiger partial charge on any atom is -0.361 e. The molecule has 1 fully saturated rings. The van der Waals surface area contributed by atoms with Crippen LogP contribution in [0.4, 0.5) is 23.0 Å². The number of anilines is 3. The number of hydrogen-bond donors (Lipinski definition) is 3. The van der Waals surface area contributed by atoms with Gasteiger partial charge in [0.05, 0.1) is 15.6 Å². The largest absolute Gasteiger partial charge is 0.361 e. The van der Waals surface area contributed by atoms with E-state index in [0.717, 1.165) is 12.8 Å². The van der Waals surface area contributed by atoms with E-state index in [-0.39, 0.29) is 34.4 Å². The molecule has 0 unspecified atom stereocenters. The zero-order valence-electron chi connectivity index (χ0n) is 16.7. The van der Waals surface area contributed by atoms with Crippen molar-refractivity contribution in [2.75, 3.05) is 10.6 Å². The predicted molar refractivity (Wildman–Crippen MR) is 116 cm³/mol. The summed E-state index contributed by atoms with van der Waals surface area (Å²) in [4.78, 5) is 19.6. The number of aromatic nitrogens is 2. The molecule has 1 aromatic heterocycles. The summed E-state index contributed by atoms with van der Waals surface area (Å²) in [5, 5.41) is 22.4. The van der Waals surface area contributed by atoms with Gasteiger partial charge in [0.25, 0.3) is 0 Å². The highest BCUT2D eigenvalue weighted by Crippen LogP contribution is 2.37. The molecule has 3 N–H and O–H groups in total. The van der Waals surface area contributed by atoms with Crippen LogP contribution in [-0.2, 0) is 0 Å². The van der Waals surface area contributed by atoms with E-state index in [1.807, 2.05) is 0 Å². The monoisotopic (exact) mass is 438 g/mol. The molecule has 2 aromatic rings. The van der Waals surface area contributed by atoms with Gasteiger partial charge in [-0.2, -0.15) is 0 Å². The van der Waals surface area contributed by atoms with E-state index < -0.39 is 4.92 Å². The van der Waals surface area contributed by atoms with Gasteiger partial charge in [-0.25, -0.2) is 9.97 Å². The summed E-state index contributed by atoms with van der Waals surface area (Å²) in [6.45, 7) is 8.46. The number of rotatable bonds is 5. The molecule has 0 spiro atoms. The molecule has 1 saturated heterocycles. The van der Waals surface area contributed by atoms with E-state index in [1.165, 1.54) is 6.33 Å². The molecule has 8 nitrogen and oxygen atoms in total. The van der Waals surface area contributed by atoms with Gasteiger partial charge in [-0.1, -0.05) is 23.2 Å². The Bertz CT molecular complexity index is 919. The molecule has 0 atom stereocenters. The van der Waals surface area contributed by atoms with Gasteiger partial charge in [0.1, 0.15) is 6.33 Å². The summed E-state index contributed by atoms with van der Waals surface area (Å²) in [5.74, 6) is 0.216. The maximum Gasteiger partial charge on any atom is 0.353 e. The Hall–Kier alpha value is -2.16. The minimum absolute atomic E-state index is 0.0115. The van der Waals surface area contributed by atoms with Crippen molar-refractivity contribution in [1.29, 1.82) is 0 Å². The fourth-order valence-electron chi connectivity index (χ4n) is 4.09.